The van der Waals surface area contributed by atoms with E-state index in [1.807, 2.05) is 0 Å². The molecule has 3 N–H and O–H groups in total. The number of anilines is 1. The van der Waals surface area contributed by atoms with Gasteiger partial charge in [-0.05, 0) is 32.3 Å². The third-order valence-electron chi connectivity index (χ3n) is 4.85. The molecule has 196 valence electrons. The second kappa shape index (κ2) is 11.9. The van der Waals surface area contributed by atoms with Gasteiger partial charge < -0.3 is 25.4 Å². The smallest absolute Gasteiger partial charge is 0.358 e. The van der Waals surface area contributed by atoms with Crippen molar-refractivity contribution >= 4 is 58.2 Å². The van der Waals surface area contributed by atoms with Crippen LogP contribution in [0.25, 0.3) is 0 Å². The minimum absolute atomic E-state index is 0.00139. The average molecular weight is 548 g/mol. The van der Waals surface area contributed by atoms with E-state index in [1.165, 1.54) is 34.1 Å². The van der Waals surface area contributed by atoms with Crippen LogP contribution in [0.15, 0.2) is 34.5 Å². The minimum Gasteiger partial charge on any atom is -0.427 e. The molecule has 14 heteroatoms. The highest BCUT2D eigenvalue weighted by molar-refractivity contribution is 8.00. The van der Waals surface area contributed by atoms with Gasteiger partial charge in [-0.1, -0.05) is 23.7 Å². The summed E-state index contributed by atoms with van der Waals surface area (Å²) in [5.41, 5.74) is 5.75. The molecule has 0 saturated carbocycles. The molecule has 0 bridgehead atoms. The molecule has 37 heavy (non-hydrogen) atoms. The number of hydrogen-bond acceptors (Lipinski definition) is 12. The van der Waals surface area contributed by atoms with Crippen molar-refractivity contribution in [2.75, 3.05) is 24.9 Å². The van der Waals surface area contributed by atoms with Crippen LogP contribution in [0.3, 0.4) is 0 Å². The van der Waals surface area contributed by atoms with Gasteiger partial charge in [-0.15, -0.1) is 23.1 Å². The number of aromatic nitrogens is 1. The predicted octanol–water partition coefficient (Wildman–Crippen LogP) is 1.01. The van der Waals surface area contributed by atoms with E-state index in [4.69, 9.17) is 20.0 Å². The van der Waals surface area contributed by atoms with Gasteiger partial charge in [-0.3, -0.25) is 19.3 Å². The van der Waals surface area contributed by atoms with Gasteiger partial charge in [0.2, 0.25) is 6.79 Å². The molecule has 0 aliphatic carbocycles. The number of hydrogen-bond donors (Lipinski definition) is 2. The van der Waals surface area contributed by atoms with Crippen molar-refractivity contribution in [3.05, 3.63) is 35.0 Å². The Morgan fingerprint density at radius 3 is 2.78 bits per heavy atom. The number of ether oxygens (including phenoxy) is 2. The zero-order valence-electron chi connectivity index (χ0n) is 20.3. The summed E-state index contributed by atoms with van der Waals surface area (Å²) in [6.45, 7) is 8.00. The van der Waals surface area contributed by atoms with Crippen LogP contribution in [-0.4, -0.2) is 70.4 Å². The number of rotatable bonds is 8. The molecule has 2 amide bonds. The third kappa shape index (κ3) is 6.89. The van der Waals surface area contributed by atoms with E-state index >= 15 is 0 Å². The number of nitrogens with zero attached hydrogens (tertiary/aromatic N) is 3. The van der Waals surface area contributed by atoms with Crippen molar-refractivity contribution in [3.8, 4) is 11.8 Å². The van der Waals surface area contributed by atoms with Crippen molar-refractivity contribution in [1.82, 2.24) is 15.2 Å². The SMILES string of the molecule is C=CC1=C(C(=O)OCOC(=O)C(C)(C)C)N2C(=O)C(NC(=O)C=NOCC#Cc3csc(N)n3)[C@@H]2SC1. The zero-order chi connectivity index (χ0) is 27.2. The number of amides is 2. The summed E-state index contributed by atoms with van der Waals surface area (Å²) in [5.74, 6) is 3.22. The number of thiazole rings is 1. The largest absolute Gasteiger partial charge is 0.427 e. The van der Waals surface area contributed by atoms with E-state index in [0.717, 1.165) is 6.21 Å². The second-order valence-electron chi connectivity index (χ2n) is 8.59. The lowest BCUT2D eigenvalue weighted by Gasteiger charge is -2.49. The van der Waals surface area contributed by atoms with Gasteiger partial charge in [0, 0.05) is 11.1 Å². The normalized spacial score (nSPS) is 18.8. The number of fused-ring (bicyclic) bond motifs is 1. The number of thioether (sulfide) groups is 1. The predicted molar refractivity (Wildman–Crippen MR) is 137 cm³/mol. The first-order chi connectivity index (χ1) is 17.5. The molecule has 2 aliphatic rings. The Balaban J connectivity index is 1.52. The standard InChI is InChI=1S/C23H25N5O7S2/c1-5-13-10-36-19-16(27-15(29)9-25-35-8-6-7-14-11-37-22(24)26-14)18(30)28(19)17(13)20(31)33-12-34-21(32)23(2,3)4/h5,9,11,16,19H,1,8,10,12H2,2-4H3,(H2,24,26)(H,27,29)/t16?,19-/m0/s1. The lowest BCUT2D eigenvalue weighted by Crippen LogP contribution is -2.70. The number of allylic oxidation sites excluding steroid dienone is 1. The van der Waals surface area contributed by atoms with Crippen LogP contribution in [-0.2, 0) is 33.5 Å². The number of oxime groups is 1. The number of carbonyl (C=O) groups is 4. The molecule has 2 aliphatic heterocycles. The van der Waals surface area contributed by atoms with E-state index in [2.05, 4.69) is 33.9 Å². The maximum Gasteiger partial charge on any atom is 0.358 e. The summed E-state index contributed by atoms with van der Waals surface area (Å²) < 4.78 is 10.0. The Bertz CT molecular complexity index is 1220. The zero-order valence-corrected chi connectivity index (χ0v) is 21.9. The molecule has 3 rings (SSSR count). The van der Waals surface area contributed by atoms with Crippen LogP contribution in [0.5, 0.6) is 0 Å². The molecule has 2 atom stereocenters. The summed E-state index contributed by atoms with van der Waals surface area (Å²) >= 11 is 2.61. The lowest BCUT2D eigenvalue weighted by atomic mass is 9.98. The number of nitrogens with one attached hydrogen (secondary N) is 1. The van der Waals surface area contributed by atoms with Gasteiger partial charge >= 0.3 is 11.9 Å². The Hall–Kier alpha value is -3.83. The molecular formula is C23H25N5O7S2. The minimum atomic E-state index is -0.883. The molecular weight excluding hydrogens is 522 g/mol. The molecule has 0 aromatic carbocycles. The fourth-order valence-electron chi connectivity index (χ4n) is 3.03. The Kier molecular flexibility index (Phi) is 8.95. The van der Waals surface area contributed by atoms with Crippen LogP contribution in [0, 0.1) is 17.3 Å². The molecule has 0 spiro atoms. The van der Waals surface area contributed by atoms with Crippen LogP contribution in [0.2, 0.25) is 0 Å². The number of esters is 2. The molecule has 1 unspecified atom stereocenters. The Morgan fingerprint density at radius 1 is 1.38 bits per heavy atom. The van der Waals surface area contributed by atoms with Crippen molar-refractivity contribution in [2.24, 2.45) is 10.6 Å². The Labute approximate surface area is 221 Å². The molecule has 1 fully saturated rings. The lowest BCUT2D eigenvalue weighted by molar-refractivity contribution is -0.173. The number of nitrogen functional groups attached to an aromatic ring is 1. The molecule has 12 nitrogen and oxygen atoms in total. The molecule has 1 saturated heterocycles. The van der Waals surface area contributed by atoms with E-state index in [-0.39, 0.29) is 12.3 Å². The van der Waals surface area contributed by atoms with Crippen molar-refractivity contribution in [2.45, 2.75) is 32.2 Å². The molecule has 1 aromatic heterocycles. The van der Waals surface area contributed by atoms with E-state index < -0.39 is 47.4 Å². The van der Waals surface area contributed by atoms with Crippen LogP contribution < -0.4 is 11.1 Å². The average Bonchev–Trinajstić information content (AvgIpc) is 3.27. The van der Waals surface area contributed by atoms with Gasteiger partial charge in [0.05, 0.1) is 5.41 Å². The summed E-state index contributed by atoms with van der Waals surface area (Å²) in [4.78, 5) is 59.7. The van der Waals surface area contributed by atoms with E-state index in [0.29, 0.717) is 22.2 Å². The fourth-order valence-corrected chi connectivity index (χ4v) is 4.86. The molecule has 0 radical (unpaired) electrons. The fraction of sp³-hybridized carbons (Fsp3) is 0.391. The van der Waals surface area contributed by atoms with Gasteiger partial charge in [0.1, 0.15) is 29.0 Å². The molecule has 3 heterocycles. The summed E-state index contributed by atoms with van der Waals surface area (Å²) in [6.07, 6.45) is 2.34. The second-order valence-corrected chi connectivity index (χ2v) is 10.6. The Morgan fingerprint density at radius 2 is 2.14 bits per heavy atom. The van der Waals surface area contributed by atoms with Crippen molar-refractivity contribution in [1.29, 1.82) is 0 Å². The van der Waals surface area contributed by atoms with Crippen LogP contribution >= 0.6 is 23.1 Å². The number of β-lactam (4-membered cyclic amide) rings is 1. The highest BCUT2D eigenvalue weighted by atomic mass is 32.2. The van der Waals surface area contributed by atoms with Gasteiger partial charge in [-0.25, -0.2) is 9.78 Å². The first-order valence-corrected chi connectivity index (χ1v) is 12.8. The summed E-state index contributed by atoms with van der Waals surface area (Å²) in [5, 5.41) is 7.64. The maximum atomic E-state index is 12.8. The first kappa shape index (κ1) is 27.8. The van der Waals surface area contributed by atoms with E-state index in [9.17, 15) is 19.2 Å². The highest BCUT2D eigenvalue weighted by Crippen LogP contribution is 2.40. The summed E-state index contributed by atoms with van der Waals surface area (Å²) in [7, 11) is 0. The van der Waals surface area contributed by atoms with E-state index in [1.54, 1.807) is 26.2 Å². The highest BCUT2D eigenvalue weighted by Gasteiger charge is 2.54. The third-order valence-corrected chi connectivity index (χ3v) is 6.82. The van der Waals surface area contributed by atoms with Gasteiger partial charge in [-0.2, -0.15) is 0 Å². The monoisotopic (exact) mass is 547 g/mol. The van der Waals surface area contributed by atoms with Crippen LogP contribution in [0.4, 0.5) is 5.13 Å². The quantitative estimate of drug-likeness (QED) is 0.0913. The molecule has 1 aromatic rings. The first-order valence-electron chi connectivity index (χ1n) is 10.8. The number of carbonyl (C=O) groups excluding carboxylic acids is 4. The van der Waals surface area contributed by atoms with Crippen LogP contribution in [0.1, 0.15) is 26.5 Å². The topological polar surface area (TPSA) is 163 Å². The van der Waals surface area contributed by atoms with Gasteiger partial charge in [0.15, 0.2) is 11.7 Å². The van der Waals surface area contributed by atoms with Crippen molar-refractivity contribution in [3.63, 3.8) is 0 Å². The van der Waals surface area contributed by atoms with Crippen molar-refractivity contribution < 1.29 is 33.5 Å². The maximum absolute atomic E-state index is 12.8. The summed E-state index contributed by atoms with van der Waals surface area (Å²) in [6, 6.07) is -0.883. The van der Waals surface area contributed by atoms with Gasteiger partial charge in [0.25, 0.3) is 11.8 Å². The number of nitrogens with two attached hydrogens (primary N) is 1.